The van der Waals surface area contributed by atoms with Crippen molar-refractivity contribution in [3.8, 4) is 11.4 Å². The topological polar surface area (TPSA) is 30.2 Å². The summed E-state index contributed by atoms with van der Waals surface area (Å²) in [6, 6.07) is 8.51. The largest absolute Gasteiger partial charge is 0.221 e. The number of pyridine rings is 1. The maximum Gasteiger partial charge on any atom is 0.182 e. The van der Waals surface area contributed by atoms with E-state index in [0.29, 0.717) is 15.9 Å². The van der Waals surface area contributed by atoms with E-state index < -0.39 is 0 Å². The van der Waals surface area contributed by atoms with Crippen molar-refractivity contribution in [2.75, 3.05) is 0 Å². The molecule has 0 aliphatic heterocycles. The third-order valence-electron chi connectivity index (χ3n) is 2.61. The molecule has 0 amide bonds. The van der Waals surface area contributed by atoms with Gasteiger partial charge in [0.1, 0.15) is 5.82 Å². The zero-order valence-electron chi connectivity index (χ0n) is 9.56. The molecule has 18 heavy (non-hydrogen) atoms. The molecule has 2 heterocycles. The van der Waals surface area contributed by atoms with Crippen LogP contribution < -0.4 is 0 Å². The second-order valence-electron chi connectivity index (χ2n) is 4.10. The van der Waals surface area contributed by atoms with Crippen molar-refractivity contribution >= 4 is 21.6 Å². The minimum Gasteiger partial charge on any atom is -0.221 e. The Morgan fingerprint density at radius 2 is 2.06 bits per heavy atom. The number of nitrogens with zero attached hydrogens (tertiary/aromatic N) is 3. The van der Waals surface area contributed by atoms with Gasteiger partial charge in [0.2, 0.25) is 0 Å². The van der Waals surface area contributed by atoms with E-state index in [-0.39, 0.29) is 5.82 Å². The van der Waals surface area contributed by atoms with Gasteiger partial charge in [-0.15, -0.1) is 5.10 Å². The van der Waals surface area contributed by atoms with E-state index in [0.717, 1.165) is 11.2 Å². The maximum absolute atomic E-state index is 13.3. The van der Waals surface area contributed by atoms with E-state index in [9.17, 15) is 4.39 Å². The zero-order valence-corrected chi connectivity index (χ0v) is 11.1. The third kappa shape index (κ3) is 2.01. The lowest BCUT2D eigenvalue weighted by Gasteiger charge is -1.96. The molecule has 0 fully saturated rings. The van der Waals surface area contributed by atoms with Crippen LogP contribution in [-0.2, 0) is 0 Å². The van der Waals surface area contributed by atoms with E-state index in [4.69, 9.17) is 0 Å². The summed E-state index contributed by atoms with van der Waals surface area (Å²) in [5, 5.41) is 4.32. The fraction of sp³-hybridized carbons (Fsp3) is 0.0769. The molecule has 90 valence electrons. The monoisotopic (exact) mass is 305 g/mol. The first-order valence-corrected chi connectivity index (χ1v) is 6.20. The molecule has 3 nitrogen and oxygen atoms in total. The number of fused-ring (bicyclic) bond motifs is 1. The molecular formula is C13H9BrFN3. The van der Waals surface area contributed by atoms with Crippen LogP contribution in [0.3, 0.4) is 0 Å². The molecule has 0 N–H and O–H groups in total. The van der Waals surface area contributed by atoms with Crippen molar-refractivity contribution in [1.82, 2.24) is 14.6 Å². The minimum atomic E-state index is -0.311. The summed E-state index contributed by atoms with van der Waals surface area (Å²) in [6.45, 7) is 1.99. The highest BCUT2D eigenvalue weighted by Crippen LogP contribution is 2.22. The molecule has 0 radical (unpaired) electrons. The Hall–Kier alpha value is -1.75. The molecule has 1 aromatic carbocycles. The predicted octanol–water partition coefficient (Wildman–Crippen LogP) is 3.61. The van der Waals surface area contributed by atoms with E-state index in [2.05, 4.69) is 26.0 Å². The summed E-state index contributed by atoms with van der Waals surface area (Å²) in [6.07, 6.45) is 1.84. The average Bonchev–Trinajstić information content (AvgIpc) is 2.70. The van der Waals surface area contributed by atoms with Gasteiger partial charge in [0.15, 0.2) is 11.5 Å². The summed E-state index contributed by atoms with van der Waals surface area (Å²) in [5.41, 5.74) is 2.52. The Morgan fingerprint density at radius 3 is 2.83 bits per heavy atom. The smallest absolute Gasteiger partial charge is 0.182 e. The van der Waals surface area contributed by atoms with Crippen LogP contribution in [0, 0.1) is 12.7 Å². The third-order valence-corrected chi connectivity index (χ3v) is 3.07. The minimum absolute atomic E-state index is 0.311. The molecule has 0 saturated carbocycles. The number of rotatable bonds is 1. The molecule has 0 saturated heterocycles. The molecular weight excluding hydrogens is 297 g/mol. The maximum atomic E-state index is 13.3. The van der Waals surface area contributed by atoms with Crippen LogP contribution in [0.25, 0.3) is 17.0 Å². The molecule has 3 aromatic rings. The lowest BCUT2D eigenvalue weighted by atomic mass is 10.2. The van der Waals surface area contributed by atoms with E-state index in [1.807, 2.05) is 25.3 Å². The SMILES string of the molecule is Cc1ccn2nc(-c3cc(F)cc(Br)c3)nc2c1. The average molecular weight is 306 g/mol. The van der Waals surface area contributed by atoms with Crippen molar-refractivity contribution in [3.05, 3.63) is 52.4 Å². The van der Waals surface area contributed by atoms with Gasteiger partial charge < -0.3 is 0 Å². The number of hydrogen-bond acceptors (Lipinski definition) is 2. The highest BCUT2D eigenvalue weighted by atomic mass is 79.9. The van der Waals surface area contributed by atoms with Crippen LogP contribution in [0.1, 0.15) is 5.56 Å². The Bertz CT molecular complexity index is 716. The summed E-state index contributed by atoms with van der Waals surface area (Å²) in [5.74, 6) is 0.204. The van der Waals surface area contributed by atoms with Gasteiger partial charge in [0.05, 0.1) is 0 Å². The molecule has 0 unspecified atom stereocenters. The normalized spacial score (nSPS) is 11.1. The molecule has 3 rings (SSSR count). The molecule has 0 bridgehead atoms. The van der Waals surface area contributed by atoms with Crippen LogP contribution in [0.4, 0.5) is 4.39 Å². The van der Waals surface area contributed by atoms with Gasteiger partial charge in [-0.3, -0.25) is 0 Å². The molecule has 5 heteroatoms. The van der Waals surface area contributed by atoms with Gasteiger partial charge in [-0.2, -0.15) is 0 Å². The quantitative estimate of drug-likeness (QED) is 0.687. The number of benzene rings is 1. The first kappa shape index (κ1) is 11.3. The van der Waals surface area contributed by atoms with Crippen molar-refractivity contribution in [3.63, 3.8) is 0 Å². The van der Waals surface area contributed by atoms with Crippen LogP contribution in [0.2, 0.25) is 0 Å². The van der Waals surface area contributed by atoms with Crippen LogP contribution in [-0.4, -0.2) is 14.6 Å². The molecule has 0 aliphatic carbocycles. The summed E-state index contributed by atoms with van der Waals surface area (Å²) in [4.78, 5) is 4.39. The van der Waals surface area contributed by atoms with Gasteiger partial charge >= 0.3 is 0 Å². The van der Waals surface area contributed by atoms with E-state index >= 15 is 0 Å². The standard InChI is InChI=1S/C13H9BrFN3/c1-8-2-3-18-12(4-8)16-13(17-18)9-5-10(14)7-11(15)6-9/h2-7H,1H3. The van der Waals surface area contributed by atoms with Crippen molar-refractivity contribution in [1.29, 1.82) is 0 Å². The second kappa shape index (κ2) is 4.17. The van der Waals surface area contributed by atoms with E-state index in [1.54, 1.807) is 10.6 Å². The number of aromatic nitrogens is 3. The molecule has 0 aliphatic rings. The number of halogens is 2. The van der Waals surface area contributed by atoms with Gasteiger partial charge in [0, 0.05) is 16.2 Å². The molecule has 0 spiro atoms. The van der Waals surface area contributed by atoms with Crippen LogP contribution in [0.15, 0.2) is 41.0 Å². The summed E-state index contributed by atoms with van der Waals surface area (Å²) >= 11 is 3.26. The Kier molecular flexibility index (Phi) is 2.63. The highest BCUT2D eigenvalue weighted by Gasteiger charge is 2.08. The van der Waals surface area contributed by atoms with Crippen molar-refractivity contribution < 1.29 is 4.39 Å². The van der Waals surface area contributed by atoms with Gasteiger partial charge in [-0.05, 0) is 42.8 Å². The van der Waals surface area contributed by atoms with Gasteiger partial charge in [-0.25, -0.2) is 13.9 Å². The van der Waals surface area contributed by atoms with Gasteiger partial charge in [0.25, 0.3) is 0 Å². The lowest BCUT2D eigenvalue weighted by Crippen LogP contribution is -1.87. The summed E-state index contributed by atoms with van der Waals surface area (Å²) in [7, 11) is 0. The van der Waals surface area contributed by atoms with Crippen LogP contribution in [0.5, 0.6) is 0 Å². The zero-order chi connectivity index (χ0) is 12.7. The first-order valence-electron chi connectivity index (χ1n) is 5.41. The number of hydrogen-bond donors (Lipinski definition) is 0. The fourth-order valence-electron chi connectivity index (χ4n) is 1.79. The van der Waals surface area contributed by atoms with Crippen molar-refractivity contribution in [2.24, 2.45) is 0 Å². The molecule has 0 atom stereocenters. The van der Waals surface area contributed by atoms with Crippen molar-refractivity contribution in [2.45, 2.75) is 6.92 Å². The van der Waals surface area contributed by atoms with Gasteiger partial charge in [-0.1, -0.05) is 15.9 Å². The fourth-order valence-corrected chi connectivity index (χ4v) is 2.25. The number of aryl methyl sites for hydroxylation is 1. The Balaban J connectivity index is 2.19. The predicted molar refractivity (Wildman–Crippen MR) is 70.8 cm³/mol. The Morgan fingerprint density at radius 1 is 1.22 bits per heavy atom. The molecule has 2 aromatic heterocycles. The Labute approximate surface area is 111 Å². The summed E-state index contributed by atoms with van der Waals surface area (Å²) < 4.78 is 15.7. The first-order chi connectivity index (χ1) is 8.61. The van der Waals surface area contributed by atoms with Crippen LogP contribution >= 0.6 is 15.9 Å². The lowest BCUT2D eigenvalue weighted by molar-refractivity contribution is 0.627. The highest BCUT2D eigenvalue weighted by molar-refractivity contribution is 9.10. The van der Waals surface area contributed by atoms with E-state index in [1.165, 1.54) is 12.1 Å². The second-order valence-corrected chi connectivity index (χ2v) is 5.02.